The number of hydrogen-bond acceptors (Lipinski definition) is 3. The maximum Gasteiger partial charge on any atom is 0.211 e. The van der Waals surface area contributed by atoms with Gasteiger partial charge in [0.25, 0.3) is 0 Å². The molecular weight excluding hydrogens is 262 g/mol. The van der Waals surface area contributed by atoms with Gasteiger partial charge in [-0.05, 0) is 31.6 Å². The summed E-state index contributed by atoms with van der Waals surface area (Å²) in [7, 11) is -3.11. The number of carbonyl (C=O) groups is 1. The fourth-order valence-corrected chi connectivity index (χ4v) is 4.38. The van der Waals surface area contributed by atoms with Crippen LogP contribution in [0.1, 0.15) is 51.9 Å². The number of carbonyl (C=O) groups excluding carboxylic acids is 1. The van der Waals surface area contributed by atoms with Gasteiger partial charge in [-0.2, -0.15) is 0 Å². The van der Waals surface area contributed by atoms with Gasteiger partial charge in [-0.3, -0.25) is 4.79 Å². The number of nitrogens with zero attached hydrogens (tertiary/aromatic N) is 1. The molecule has 5 heteroatoms. The summed E-state index contributed by atoms with van der Waals surface area (Å²) in [5.74, 6) is 0.568. The molecule has 1 saturated carbocycles. The zero-order chi connectivity index (χ0) is 14.1. The summed E-state index contributed by atoms with van der Waals surface area (Å²) in [6.45, 7) is 3.22. The van der Waals surface area contributed by atoms with Gasteiger partial charge in [-0.25, -0.2) is 12.7 Å². The molecule has 1 aliphatic heterocycles. The van der Waals surface area contributed by atoms with Crippen molar-refractivity contribution in [2.24, 2.45) is 11.3 Å². The molecule has 1 aliphatic carbocycles. The highest BCUT2D eigenvalue weighted by molar-refractivity contribution is 7.88. The molecule has 2 fully saturated rings. The summed E-state index contributed by atoms with van der Waals surface area (Å²) in [4.78, 5) is 12.4. The second kappa shape index (κ2) is 5.52. The first-order chi connectivity index (χ1) is 8.81. The van der Waals surface area contributed by atoms with E-state index in [4.69, 9.17) is 0 Å². The first-order valence-corrected chi connectivity index (χ1v) is 9.14. The Balaban J connectivity index is 1.94. The van der Waals surface area contributed by atoms with Crippen molar-refractivity contribution in [1.82, 2.24) is 4.31 Å². The highest BCUT2D eigenvalue weighted by Gasteiger charge is 2.37. The molecule has 0 N–H and O–H groups in total. The monoisotopic (exact) mass is 287 g/mol. The maximum atomic E-state index is 12.4. The number of ketones is 1. The lowest BCUT2D eigenvalue weighted by Gasteiger charge is -2.32. The Morgan fingerprint density at radius 2 is 1.89 bits per heavy atom. The summed E-state index contributed by atoms with van der Waals surface area (Å²) in [6, 6.07) is 0. The summed E-state index contributed by atoms with van der Waals surface area (Å²) in [5, 5.41) is 0. The van der Waals surface area contributed by atoms with Crippen molar-refractivity contribution < 1.29 is 13.2 Å². The van der Waals surface area contributed by atoms with E-state index < -0.39 is 10.0 Å². The summed E-state index contributed by atoms with van der Waals surface area (Å²) >= 11 is 0. The average Bonchev–Trinajstić information content (AvgIpc) is 2.77. The quantitative estimate of drug-likeness (QED) is 0.796. The largest absolute Gasteiger partial charge is 0.299 e. The van der Waals surface area contributed by atoms with E-state index in [9.17, 15) is 13.2 Å². The van der Waals surface area contributed by atoms with Gasteiger partial charge < -0.3 is 0 Å². The second-order valence-electron chi connectivity index (χ2n) is 6.52. The van der Waals surface area contributed by atoms with Crippen molar-refractivity contribution in [2.45, 2.75) is 51.9 Å². The van der Waals surface area contributed by atoms with E-state index in [1.54, 1.807) is 0 Å². The molecule has 19 heavy (non-hydrogen) atoms. The molecule has 0 bridgehead atoms. The van der Waals surface area contributed by atoms with Gasteiger partial charge in [-0.1, -0.05) is 19.8 Å². The van der Waals surface area contributed by atoms with Crippen LogP contribution >= 0.6 is 0 Å². The molecule has 0 radical (unpaired) electrons. The molecule has 0 aromatic heterocycles. The molecule has 0 aromatic carbocycles. The summed E-state index contributed by atoms with van der Waals surface area (Å²) < 4.78 is 24.7. The average molecular weight is 287 g/mol. The van der Waals surface area contributed by atoms with Crippen LogP contribution in [0.5, 0.6) is 0 Å². The Labute approximate surface area is 116 Å². The number of Topliss-reactive ketones (excluding diaryl/α,β-unsaturated/α-hetero) is 1. The van der Waals surface area contributed by atoms with Gasteiger partial charge >= 0.3 is 0 Å². The zero-order valence-corrected chi connectivity index (χ0v) is 12.8. The molecule has 2 aliphatic rings. The Morgan fingerprint density at radius 1 is 1.26 bits per heavy atom. The predicted octanol–water partition coefficient (Wildman–Crippen LogP) is 2.20. The van der Waals surface area contributed by atoms with E-state index in [2.05, 4.69) is 6.92 Å². The highest BCUT2D eigenvalue weighted by atomic mass is 32.2. The van der Waals surface area contributed by atoms with Crippen molar-refractivity contribution in [3.05, 3.63) is 0 Å². The van der Waals surface area contributed by atoms with Crippen LogP contribution in [0, 0.1) is 11.3 Å². The Morgan fingerprint density at radius 3 is 2.47 bits per heavy atom. The number of hydrogen-bond donors (Lipinski definition) is 0. The summed E-state index contributed by atoms with van der Waals surface area (Å²) in [5.41, 5.74) is -0.132. The van der Waals surface area contributed by atoms with Crippen molar-refractivity contribution in [2.75, 3.05) is 19.3 Å². The van der Waals surface area contributed by atoms with E-state index in [0.29, 0.717) is 25.3 Å². The molecule has 1 saturated heterocycles. The van der Waals surface area contributed by atoms with Crippen molar-refractivity contribution in [3.63, 3.8) is 0 Å². The molecule has 2 rings (SSSR count). The van der Waals surface area contributed by atoms with Gasteiger partial charge in [-0.15, -0.1) is 0 Å². The molecule has 0 spiro atoms. The van der Waals surface area contributed by atoms with Crippen molar-refractivity contribution >= 4 is 15.8 Å². The minimum Gasteiger partial charge on any atom is -0.299 e. The van der Waals surface area contributed by atoms with Crippen LogP contribution in [0.3, 0.4) is 0 Å². The first kappa shape index (κ1) is 15.0. The molecular formula is C14H25NO3S. The lowest BCUT2D eigenvalue weighted by Crippen LogP contribution is -2.40. The van der Waals surface area contributed by atoms with Crippen LogP contribution in [0.25, 0.3) is 0 Å². The normalized spacial score (nSPS) is 28.4. The predicted molar refractivity (Wildman–Crippen MR) is 75.3 cm³/mol. The van der Waals surface area contributed by atoms with E-state index in [1.807, 2.05) is 0 Å². The molecule has 1 unspecified atom stereocenters. The van der Waals surface area contributed by atoms with E-state index in [1.165, 1.54) is 10.6 Å². The topological polar surface area (TPSA) is 54.5 Å². The molecule has 4 nitrogen and oxygen atoms in total. The van der Waals surface area contributed by atoms with Crippen LogP contribution in [-0.4, -0.2) is 37.9 Å². The third-order valence-corrected chi connectivity index (χ3v) is 6.07. The first-order valence-electron chi connectivity index (χ1n) is 7.30. The Kier molecular flexibility index (Phi) is 4.35. The number of sulfonamides is 1. The lowest BCUT2D eigenvalue weighted by molar-refractivity contribution is -0.128. The lowest BCUT2D eigenvalue weighted by atomic mass is 9.79. The van der Waals surface area contributed by atoms with Gasteiger partial charge in [0.05, 0.1) is 6.26 Å². The number of piperidine rings is 1. The van der Waals surface area contributed by atoms with Gasteiger partial charge in [0.15, 0.2) is 0 Å². The van der Waals surface area contributed by atoms with Crippen molar-refractivity contribution in [1.29, 1.82) is 0 Å². The van der Waals surface area contributed by atoms with E-state index >= 15 is 0 Å². The van der Waals surface area contributed by atoms with E-state index in [0.717, 1.165) is 38.5 Å². The SMILES string of the molecule is CC1(C(=O)CC2CCCN(S(C)(=O)=O)C2)CCCC1. The fraction of sp³-hybridized carbons (Fsp3) is 0.929. The minimum absolute atomic E-state index is 0.132. The van der Waals surface area contributed by atoms with Gasteiger partial charge in [0, 0.05) is 24.9 Å². The second-order valence-corrected chi connectivity index (χ2v) is 8.51. The fourth-order valence-electron chi connectivity index (χ4n) is 3.44. The standard InChI is InChI=1S/C14H25NO3S/c1-14(7-3-4-8-14)13(16)10-12-6-5-9-15(11-12)19(2,17)18/h12H,3-11H2,1-2H3. The van der Waals surface area contributed by atoms with E-state index in [-0.39, 0.29) is 11.3 Å². The smallest absolute Gasteiger partial charge is 0.211 e. The van der Waals surface area contributed by atoms with Crippen molar-refractivity contribution in [3.8, 4) is 0 Å². The number of rotatable bonds is 4. The molecule has 1 heterocycles. The van der Waals surface area contributed by atoms with Crippen LogP contribution in [0.2, 0.25) is 0 Å². The third kappa shape index (κ3) is 3.57. The maximum absolute atomic E-state index is 12.4. The molecule has 110 valence electrons. The highest BCUT2D eigenvalue weighted by Crippen LogP contribution is 2.40. The third-order valence-electron chi connectivity index (χ3n) is 4.81. The molecule has 1 atom stereocenters. The van der Waals surface area contributed by atoms with Gasteiger partial charge in [0.2, 0.25) is 10.0 Å². The zero-order valence-electron chi connectivity index (χ0n) is 12.0. The minimum atomic E-state index is -3.11. The van der Waals surface area contributed by atoms with Crippen LogP contribution < -0.4 is 0 Å². The van der Waals surface area contributed by atoms with Crippen LogP contribution in [-0.2, 0) is 14.8 Å². The van der Waals surface area contributed by atoms with Crippen LogP contribution in [0.4, 0.5) is 0 Å². The Hall–Kier alpha value is -0.420. The summed E-state index contributed by atoms with van der Waals surface area (Å²) in [6.07, 6.45) is 8.00. The molecule has 0 aromatic rings. The van der Waals surface area contributed by atoms with Crippen LogP contribution in [0.15, 0.2) is 0 Å². The van der Waals surface area contributed by atoms with Gasteiger partial charge in [0.1, 0.15) is 5.78 Å². The Bertz CT molecular complexity index is 438. The molecule has 0 amide bonds.